The van der Waals surface area contributed by atoms with Crippen LogP contribution in [-0.2, 0) is 13.3 Å². The molecule has 0 aliphatic rings. The van der Waals surface area contributed by atoms with Gasteiger partial charge in [0, 0.05) is 13.2 Å². The minimum Gasteiger partial charge on any atom is -0.371 e. The van der Waals surface area contributed by atoms with Crippen LogP contribution in [0.4, 0.5) is 0 Å². The molecule has 0 aliphatic carbocycles. The summed E-state index contributed by atoms with van der Waals surface area (Å²) in [6, 6.07) is 0. The van der Waals surface area contributed by atoms with E-state index in [4.69, 9.17) is 13.3 Å². The van der Waals surface area contributed by atoms with Crippen molar-refractivity contribution in [2.45, 2.75) is 72.8 Å². The summed E-state index contributed by atoms with van der Waals surface area (Å²) in [7, 11) is -1.59. The van der Waals surface area contributed by atoms with E-state index < -0.39 is 9.53 Å². The standard InChI is InChI=1S/C14H31O3Si/c1-7-11-14(12-8-2,13(5)6)17-18(15-9-3)16-10-4/h13H,7-12H2,1-6H3. The molecule has 0 amide bonds. The predicted molar refractivity (Wildman–Crippen MR) is 77.5 cm³/mol. The van der Waals surface area contributed by atoms with Crippen LogP contribution < -0.4 is 0 Å². The first-order valence-electron chi connectivity index (χ1n) is 7.37. The van der Waals surface area contributed by atoms with Crippen LogP contribution in [0.2, 0.25) is 0 Å². The minimum absolute atomic E-state index is 0.0812. The van der Waals surface area contributed by atoms with Crippen molar-refractivity contribution < 1.29 is 13.3 Å². The van der Waals surface area contributed by atoms with Gasteiger partial charge in [-0.2, -0.15) is 0 Å². The zero-order valence-corrected chi connectivity index (χ0v) is 14.0. The first kappa shape index (κ1) is 18.1. The fraction of sp³-hybridized carbons (Fsp3) is 1.00. The molecule has 0 rings (SSSR count). The summed E-state index contributed by atoms with van der Waals surface area (Å²) in [5.41, 5.74) is -0.0812. The Bertz CT molecular complexity index is 185. The summed E-state index contributed by atoms with van der Waals surface area (Å²) in [4.78, 5) is 0. The summed E-state index contributed by atoms with van der Waals surface area (Å²) < 4.78 is 17.6. The monoisotopic (exact) mass is 275 g/mol. The second-order valence-corrected chi connectivity index (χ2v) is 6.22. The van der Waals surface area contributed by atoms with E-state index in [2.05, 4.69) is 27.7 Å². The molecule has 0 N–H and O–H groups in total. The van der Waals surface area contributed by atoms with Crippen molar-refractivity contribution in [1.29, 1.82) is 0 Å². The van der Waals surface area contributed by atoms with Crippen LogP contribution in [-0.4, -0.2) is 28.3 Å². The molecular formula is C14H31O3Si. The molecule has 0 saturated heterocycles. The van der Waals surface area contributed by atoms with Crippen LogP contribution in [0, 0.1) is 5.92 Å². The average Bonchev–Trinajstić information content (AvgIpc) is 2.30. The molecule has 0 aliphatic heterocycles. The normalized spacial score (nSPS) is 12.7. The first-order valence-corrected chi connectivity index (χ1v) is 8.60. The number of hydrogen-bond donors (Lipinski definition) is 0. The van der Waals surface area contributed by atoms with Crippen molar-refractivity contribution in [3.63, 3.8) is 0 Å². The quantitative estimate of drug-likeness (QED) is 0.532. The molecule has 4 heteroatoms. The van der Waals surface area contributed by atoms with Gasteiger partial charge in [0.15, 0.2) is 0 Å². The van der Waals surface area contributed by atoms with E-state index in [1.807, 2.05) is 13.8 Å². The Hall–Kier alpha value is 0.0969. The van der Waals surface area contributed by atoms with Gasteiger partial charge in [-0.05, 0) is 32.6 Å². The third-order valence-corrected chi connectivity index (χ3v) is 4.83. The highest BCUT2D eigenvalue weighted by Crippen LogP contribution is 2.33. The summed E-state index contributed by atoms with van der Waals surface area (Å²) >= 11 is 0. The zero-order valence-electron chi connectivity index (χ0n) is 13.0. The maximum absolute atomic E-state index is 6.32. The van der Waals surface area contributed by atoms with E-state index >= 15 is 0 Å². The number of rotatable bonds is 11. The molecule has 0 heterocycles. The van der Waals surface area contributed by atoms with E-state index in [0.717, 1.165) is 25.7 Å². The smallest absolute Gasteiger partial charge is 0.371 e. The minimum atomic E-state index is -1.59. The highest BCUT2D eigenvalue weighted by molar-refractivity contribution is 6.36. The second kappa shape index (κ2) is 9.95. The number of hydrogen-bond acceptors (Lipinski definition) is 3. The lowest BCUT2D eigenvalue weighted by Crippen LogP contribution is -2.45. The molecule has 0 atom stereocenters. The van der Waals surface area contributed by atoms with Crippen LogP contribution in [0.25, 0.3) is 0 Å². The highest BCUT2D eigenvalue weighted by atomic mass is 28.3. The molecule has 0 bridgehead atoms. The Morgan fingerprint density at radius 1 is 0.889 bits per heavy atom. The van der Waals surface area contributed by atoms with Gasteiger partial charge in [0.05, 0.1) is 5.60 Å². The molecule has 109 valence electrons. The van der Waals surface area contributed by atoms with Gasteiger partial charge < -0.3 is 13.3 Å². The van der Waals surface area contributed by atoms with Crippen LogP contribution in [0.5, 0.6) is 0 Å². The zero-order chi connectivity index (χ0) is 14.0. The van der Waals surface area contributed by atoms with Gasteiger partial charge in [-0.25, -0.2) is 0 Å². The highest BCUT2D eigenvalue weighted by Gasteiger charge is 2.38. The Labute approximate surface area is 115 Å². The summed E-state index contributed by atoms with van der Waals surface area (Å²) in [6.45, 7) is 14.2. The van der Waals surface area contributed by atoms with Gasteiger partial charge in [-0.15, -0.1) is 0 Å². The van der Waals surface area contributed by atoms with Crippen LogP contribution in [0.15, 0.2) is 0 Å². The molecule has 18 heavy (non-hydrogen) atoms. The van der Waals surface area contributed by atoms with Crippen molar-refractivity contribution in [2.24, 2.45) is 5.92 Å². The SMILES string of the molecule is CCCC(CCC)(O[Si](OCC)OCC)C(C)C. The molecule has 0 fully saturated rings. The van der Waals surface area contributed by atoms with E-state index in [1.54, 1.807) is 0 Å². The molecule has 0 aromatic carbocycles. The van der Waals surface area contributed by atoms with Gasteiger partial charge in [0.1, 0.15) is 0 Å². The summed E-state index contributed by atoms with van der Waals surface area (Å²) in [5, 5.41) is 0. The fourth-order valence-corrected chi connectivity index (χ4v) is 3.72. The molecule has 0 saturated carbocycles. The average molecular weight is 275 g/mol. The fourth-order valence-electron chi connectivity index (χ4n) is 2.27. The van der Waals surface area contributed by atoms with Crippen molar-refractivity contribution in [3.8, 4) is 0 Å². The predicted octanol–water partition coefficient (Wildman–Crippen LogP) is 4.06. The van der Waals surface area contributed by atoms with Crippen LogP contribution >= 0.6 is 0 Å². The Balaban J connectivity index is 4.79. The van der Waals surface area contributed by atoms with Crippen LogP contribution in [0.3, 0.4) is 0 Å². The lowest BCUT2D eigenvalue weighted by Gasteiger charge is -2.39. The van der Waals surface area contributed by atoms with Crippen molar-refractivity contribution in [3.05, 3.63) is 0 Å². The van der Waals surface area contributed by atoms with Crippen molar-refractivity contribution >= 4 is 9.53 Å². The summed E-state index contributed by atoms with van der Waals surface area (Å²) in [6.07, 6.45) is 4.41. The molecule has 1 radical (unpaired) electrons. The van der Waals surface area contributed by atoms with Crippen molar-refractivity contribution in [2.75, 3.05) is 13.2 Å². The largest absolute Gasteiger partial charge is 0.578 e. The summed E-state index contributed by atoms with van der Waals surface area (Å²) in [5.74, 6) is 0.485. The Kier molecular flexibility index (Phi) is 10.0. The Morgan fingerprint density at radius 2 is 1.33 bits per heavy atom. The van der Waals surface area contributed by atoms with E-state index in [9.17, 15) is 0 Å². The van der Waals surface area contributed by atoms with Gasteiger partial charge in [0.2, 0.25) is 0 Å². The van der Waals surface area contributed by atoms with Gasteiger partial charge in [0.25, 0.3) is 0 Å². The lowest BCUT2D eigenvalue weighted by molar-refractivity contribution is -0.0500. The molecular weight excluding hydrogens is 244 g/mol. The molecule has 0 spiro atoms. The van der Waals surface area contributed by atoms with Crippen molar-refractivity contribution in [1.82, 2.24) is 0 Å². The molecule has 0 aromatic heterocycles. The van der Waals surface area contributed by atoms with Gasteiger partial charge in [-0.1, -0.05) is 40.5 Å². The second-order valence-electron chi connectivity index (χ2n) is 4.94. The Morgan fingerprint density at radius 3 is 1.61 bits per heavy atom. The van der Waals surface area contributed by atoms with E-state index in [-0.39, 0.29) is 5.60 Å². The molecule has 0 unspecified atom stereocenters. The van der Waals surface area contributed by atoms with E-state index in [1.165, 1.54) is 0 Å². The first-order chi connectivity index (χ1) is 8.56. The van der Waals surface area contributed by atoms with Crippen LogP contribution in [0.1, 0.15) is 67.2 Å². The van der Waals surface area contributed by atoms with Gasteiger partial charge >= 0.3 is 9.53 Å². The molecule has 3 nitrogen and oxygen atoms in total. The lowest BCUT2D eigenvalue weighted by atomic mass is 9.82. The van der Waals surface area contributed by atoms with Gasteiger partial charge in [-0.3, -0.25) is 0 Å². The van der Waals surface area contributed by atoms with E-state index in [0.29, 0.717) is 19.1 Å². The molecule has 0 aromatic rings. The maximum atomic E-state index is 6.32. The third-order valence-electron chi connectivity index (χ3n) is 3.21. The topological polar surface area (TPSA) is 27.7 Å². The maximum Gasteiger partial charge on any atom is 0.578 e. The third kappa shape index (κ3) is 5.82.